The Morgan fingerprint density at radius 3 is 2.49 bits per heavy atom. The molecule has 1 saturated heterocycles. The first kappa shape index (κ1) is 30.7. The highest BCUT2D eigenvalue weighted by molar-refractivity contribution is 7.13. The second-order valence-corrected chi connectivity index (χ2v) is 12.7. The van der Waals surface area contributed by atoms with Crippen molar-refractivity contribution in [2.45, 2.75) is 66.6 Å². The topological polar surface area (TPSA) is 113 Å². The summed E-state index contributed by atoms with van der Waals surface area (Å²) >= 11 is 1.61. The van der Waals surface area contributed by atoms with Gasteiger partial charge in [-0.3, -0.25) is 14.4 Å². The Morgan fingerprint density at radius 2 is 1.90 bits per heavy atom. The minimum absolute atomic E-state index is 0.127. The monoisotopic (exact) mass is 557 g/mol. The summed E-state index contributed by atoms with van der Waals surface area (Å²) in [6, 6.07) is 6.65. The third kappa shape index (κ3) is 7.86. The summed E-state index contributed by atoms with van der Waals surface area (Å²) < 4.78 is 5.39. The van der Waals surface area contributed by atoms with E-state index in [1.54, 1.807) is 16.2 Å². The van der Waals surface area contributed by atoms with Gasteiger partial charge in [-0.15, -0.1) is 11.3 Å². The normalized spacial score (nSPS) is 17.6. The predicted molar refractivity (Wildman–Crippen MR) is 154 cm³/mol. The molecule has 2 atom stereocenters. The largest absolute Gasteiger partial charge is 0.370 e. The lowest BCUT2D eigenvalue weighted by molar-refractivity contribution is -0.146. The molecule has 1 aliphatic rings. The second kappa shape index (κ2) is 13.0. The second-order valence-electron chi connectivity index (χ2n) is 11.9. The minimum atomic E-state index is -0.787. The molecule has 0 bridgehead atoms. The Balaban J connectivity index is 1.68. The maximum atomic E-state index is 13.8. The van der Waals surface area contributed by atoms with Crippen molar-refractivity contribution >= 4 is 29.1 Å². The number of ether oxygens (including phenoxy) is 1. The van der Waals surface area contributed by atoms with Gasteiger partial charge in [-0.05, 0) is 42.3 Å². The molecule has 3 amide bonds. The lowest BCUT2D eigenvalue weighted by atomic mass is 9.83. The van der Waals surface area contributed by atoms with Gasteiger partial charge < -0.3 is 25.6 Å². The molecular formula is C29H43N5O4S. The quantitative estimate of drug-likeness (QED) is 0.366. The lowest BCUT2D eigenvalue weighted by Gasteiger charge is -2.37. The molecule has 1 aromatic carbocycles. The van der Waals surface area contributed by atoms with Crippen LogP contribution in [0.1, 0.15) is 52.3 Å². The van der Waals surface area contributed by atoms with Crippen LogP contribution in [0.15, 0.2) is 29.8 Å². The van der Waals surface area contributed by atoms with Gasteiger partial charge in [0.2, 0.25) is 17.7 Å². The number of hydrogen-bond acceptors (Lipinski definition) is 7. The maximum absolute atomic E-state index is 13.8. The molecule has 9 nitrogen and oxygen atoms in total. The van der Waals surface area contributed by atoms with Crippen LogP contribution in [0.4, 0.5) is 0 Å². The van der Waals surface area contributed by atoms with Crippen LogP contribution < -0.4 is 16.0 Å². The van der Waals surface area contributed by atoms with Gasteiger partial charge in [0.25, 0.3) is 0 Å². The van der Waals surface area contributed by atoms with Crippen molar-refractivity contribution in [1.82, 2.24) is 25.8 Å². The molecule has 0 unspecified atom stereocenters. The molecule has 10 heteroatoms. The standard InChI is InChI=1S/C29H43N5O4S/c1-19-23(39-18-32-19)21-10-8-20(9-11-21)16-31-26(36)25-29(5,6)12-14-34(25)27(37)24(28(2,3)4)33-22(35)17-38-15-13-30-7/h8-11,18,24-25,30H,12-17H2,1-7H3,(H,31,36)(H,33,35)/t24-,25-/m1/s1. The number of carbonyl (C=O) groups excluding carboxylic acids is 3. The summed E-state index contributed by atoms with van der Waals surface area (Å²) in [7, 11) is 1.81. The van der Waals surface area contributed by atoms with Crippen LogP contribution in [0.3, 0.4) is 0 Å². The van der Waals surface area contributed by atoms with Crippen LogP contribution in [0.2, 0.25) is 0 Å². The van der Waals surface area contributed by atoms with Crippen LogP contribution in [0, 0.1) is 17.8 Å². The fraction of sp³-hybridized carbons (Fsp3) is 0.586. The van der Waals surface area contributed by atoms with Gasteiger partial charge in [-0.2, -0.15) is 0 Å². The molecular weight excluding hydrogens is 514 g/mol. The number of aryl methyl sites for hydroxylation is 1. The van der Waals surface area contributed by atoms with Crippen molar-refractivity contribution in [3.05, 3.63) is 41.0 Å². The molecule has 1 fully saturated rings. The average Bonchev–Trinajstić information content (AvgIpc) is 3.45. The van der Waals surface area contributed by atoms with E-state index < -0.39 is 22.9 Å². The molecule has 0 radical (unpaired) electrons. The third-order valence-corrected chi connectivity index (χ3v) is 8.13. The highest BCUT2D eigenvalue weighted by Gasteiger charge is 2.49. The zero-order chi connectivity index (χ0) is 28.8. The average molecular weight is 558 g/mol. The highest BCUT2D eigenvalue weighted by Crippen LogP contribution is 2.38. The maximum Gasteiger partial charge on any atom is 0.246 e. The van der Waals surface area contributed by atoms with Gasteiger partial charge in [0.1, 0.15) is 18.7 Å². The lowest BCUT2D eigenvalue weighted by Crippen LogP contribution is -2.59. The smallest absolute Gasteiger partial charge is 0.246 e. The third-order valence-electron chi connectivity index (χ3n) is 7.16. The summed E-state index contributed by atoms with van der Waals surface area (Å²) in [5.74, 6) is -0.792. The van der Waals surface area contributed by atoms with E-state index in [4.69, 9.17) is 4.74 Å². The van der Waals surface area contributed by atoms with Gasteiger partial charge in [-0.1, -0.05) is 58.9 Å². The SMILES string of the molecule is CNCCOCC(=O)N[C@H](C(=O)N1CCC(C)(C)[C@H]1C(=O)NCc1ccc(-c2scnc2C)cc1)C(C)(C)C. The van der Waals surface area contributed by atoms with Crippen molar-refractivity contribution in [3.63, 3.8) is 0 Å². The molecule has 2 heterocycles. The zero-order valence-electron chi connectivity index (χ0n) is 24.2. The molecule has 0 saturated carbocycles. The molecule has 1 aromatic heterocycles. The molecule has 0 spiro atoms. The van der Waals surface area contributed by atoms with Gasteiger partial charge in [0.05, 0.1) is 22.7 Å². The molecule has 0 aliphatic carbocycles. The van der Waals surface area contributed by atoms with E-state index in [1.807, 2.05) is 78.4 Å². The Morgan fingerprint density at radius 1 is 1.21 bits per heavy atom. The first-order valence-corrected chi connectivity index (χ1v) is 14.3. The first-order valence-electron chi connectivity index (χ1n) is 13.4. The predicted octanol–water partition coefficient (Wildman–Crippen LogP) is 3.13. The highest BCUT2D eigenvalue weighted by atomic mass is 32.1. The molecule has 2 aromatic rings. The van der Waals surface area contributed by atoms with Crippen LogP contribution in [-0.2, 0) is 25.7 Å². The number of likely N-dealkylation sites (tertiary alicyclic amines) is 1. The van der Waals surface area contributed by atoms with E-state index in [2.05, 4.69) is 20.9 Å². The van der Waals surface area contributed by atoms with Crippen molar-refractivity contribution in [2.24, 2.45) is 10.8 Å². The van der Waals surface area contributed by atoms with Crippen molar-refractivity contribution < 1.29 is 19.1 Å². The van der Waals surface area contributed by atoms with Gasteiger partial charge in [-0.25, -0.2) is 4.98 Å². The number of likely N-dealkylation sites (N-methyl/N-ethyl adjacent to an activating group) is 1. The van der Waals surface area contributed by atoms with Crippen LogP contribution >= 0.6 is 11.3 Å². The zero-order valence-corrected chi connectivity index (χ0v) is 25.0. The molecule has 39 heavy (non-hydrogen) atoms. The number of nitrogens with zero attached hydrogens (tertiary/aromatic N) is 2. The fourth-order valence-corrected chi connectivity index (χ4v) is 5.64. The Bertz CT molecular complexity index is 1140. The van der Waals surface area contributed by atoms with E-state index in [0.29, 0.717) is 32.7 Å². The van der Waals surface area contributed by atoms with Crippen LogP contribution in [-0.4, -0.2) is 73.0 Å². The van der Waals surface area contributed by atoms with E-state index in [-0.39, 0.29) is 24.3 Å². The van der Waals surface area contributed by atoms with Crippen molar-refractivity contribution in [1.29, 1.82) is 0 Å². The number of nitrogens with one attached hydrogen (secondary N) is 3. The number of thiazole rings is 1. The molecule has 3 N–H and O–H groups in total. The molecule has 214 valence electrons. The van der Waals surface area contributed by atoms with E-state index in [1.165, 1.54) is 0 Å². The summed E-state index contributed by atoms with van der Waals surface area (Å²) in [6.07, 6.45) is 0.692. The summed E-state index contributed by atoms with van der Waals surface area (Å²) in [6.45, 7) is 13.4. The number of aromatic nitrogens is 1. The number of hydrogen-bond donors (Lipinski definition) is 3. The van der Waals surface area contributed by atoms with Crippen LogP contribution in [0.5, 0.6) is 0 Å². The number of carbonyl (C=O) groups is 3. The van der Waals surface area contributed by atoms with Crippen molar-refractivity contribution in [3.8, 4) is 10.4 Å². The summed E-state index contributed by atoms with van der Waals surface area (Å²) in [5.41, 5.74) is 3.95. The minimum Gasteiger partial charge on any atom is -0.370 e. The Hall–Kier alpha value is -2.82. The molecule has 1 aliphatic heterocycles. The molecule has 3 rings (SSSR count). The Labute approximate surface area is 236 Å². The van der Waals surface area contributed by atoms with E-state index in [0.717, 1.165) is 21.7 Å². The van der Waals surface area contributed by atoms with Crippen molar-refractivity contribution in [2.75, 3.05) is 33.4 Å². The summed E-state index contributed by atoms with van der Waals surface area (Å²) in [4.78, 5) is 47.0. The first-order chi connectivity index (χ1) is 18.3. The van der Waals surface area contributed by atoms with E-state index in [9.17, 15) is 14.4 Å². The number of benzene rings is 1. The van der Waals surface area contributed by atoms with Gasteiger partial charge in [0, 0.05) is 19.6 Å². The van der Waals surface area contributed by atoms with Gasteiger partial charge >= 0.3 is 0 Å². The van der Waals surface area contributed by atoms with E-state index >= 15 is 0 Å². The van der Waals surface area contributed by atoms with Crippen LogP contribution in [0.25, 0.3) is 10.4 Å². The Kier molecular flexibility index (Phi) is 10.3. The number of amides is 3. The summed E-state index contributed by atoms with van der Waals surface area (Å²) in [5, 5.41) is 8.87. The number of rotatable bonds is 11. The van der Waals surface area contributed by atoms with Gasteiger partial charge in [0.15, 0.2) is 0 Å². The fourth-order valence-electron chi connectivity index (χ4n) is 4.83.